The number of carbonyl (C=O) groups is 1. The molecule has 2 aliphatic heterocycles. The van der Waals surface area contributed by atoms with Crippen molar-refractivity contribution < 1.29 is 27.4 Å². The molecule has 0 atom stereocenters. The van der Waals surface area contributed by atoms with E-state index in [2.05, 4.69) is 16.8 Å². The number of alkyl halides is 3. The molecule has 1 amide bonds. The first kappa shape index (κ1) is 25.8. The molecule has 0 bridgehead atoms. The first-order valence-electron chi connectivity index (χ1n) is 12.3. The lowest BCUT2D eigenvalue weighted by molar-refractivity contribution is -0.137. The third kappa shape index (κ3) is 5.38. The normalized spacial score (nSPS) is 16.2. The van der Waals surface area contributed by atoms with Gasteiger partial charge in [0.2, 0.25) is 11.8 Å². The molecule has 8 nitrogen and oxygen atoms in total. The van der Waals surface area contributed by atoms with Crippen molar-refractivity contribution in [3.05, 3.63) is 70.9 Å². The van der Waals surface area contributed by atoms with E-state index in [4.69, 9.17) is 19.4 Å². The number of halogens is 3. The van der Waals surface area contributed by atoms with Crippen LogP contribution in [-0.2, 0) is 19.1 Å². The van der Waals surface area contributed by atoms with Crippen LogP contribution in [0.3, 0.4) is 0 Å². The average Bonchev–Trinajstić information content (AvgIpc) is 2.92. The molecular formula is C27H28F3N5O3. The van der Waals surface area contributed by atoms with Gasteiger partial charge in [0.25, 0.3) is 5.91 Å². The SMILES string of the molecule is COc1ccccc1Oc1nc(N2CCN(C)CC2)nc2c1CN(C(=O)c1cccc(C(F)(F)F)c1)CC2. The van der Waals surface area contributed by atoms with Gasteiger partial charge in [-0.25, -0.2) is 4.98 Å². The van der Waals surface area contributed by atoms with Gasteiger partial charge < -0.3 is 24.2 Å². The van der Waals surface area contributed by atoms with Gasteiger partial charge >= 0.3 is 6.18 Å². The van der Waals surface area contributed by atoms with Gasteiger partial charge in [-0.15, -0.1) is 0 Å². The standard InChI is InChI=1S/C27H28F3N5O3/c1-33-12-14-34(15-13-33)26-31-21-10-11-35(25(36)18-6-5-7-19(16-18)27(28,29)30)17-20(21)24(32-26)38-23-9-4-3-8-22(23)37-2/h3-9,16H,10-15,17H2,1-2H3. The summed E-state index contributed by atoms with van der Waals surface area (Å²) in [5, 5.41) is 0. The van der Waals surface area contributed by atoms with Crippen molar-refractivity contribution in [2.75, 3.05) is 51.8 Å². The summed E-state index contributed by atoms with van der Waals surface area (Å²) in [5.41, 5.74) is 0.499. The second-order valence-electron chi connectivity index (χ2n) is 9.35. The maximum absolute atomic E-state index is 13.2. The summed E-state index contributed by atoms with van der Waals surface area (Å²) in [6.45, 7) is 3.71. The van der Waals surface area contributed by atoms with Gasteiger partial charge in [-0.05, 0) is 37.4 Å². The van der Waals surface area contributed by atoms with Crippen LogP contribution in [0.15, 0.2) is 48.5 Å². The lowest BCUT2D eigenvalue weighted by Crippen LogP contribution is -2.45. The number of amides is 1. The second kappa shape index (κ2) is 10.5. The number of para-hydroxylation sites is 2. The van der Waals surface area contributed by atoms with Crippen LogP contribution in [-0.4, -0.2) is 72.6 Å². The summed E-state index contributed by atoms with van der Waals surface area (Å²) >= 11 is 0. The van der Waals surface area contributed by atoms with Crippen LogP contribution in [0.1, 0.15) is 27.2 Å². The van der Waals surface area contributed by atoms with Gasteiger partial charge in [-0.2, -0.15) is 18.2 Å². The molecule has 0 aliphatic carbocycles. The van der Waals surface area contributed by atoms with E-state index in [1.165, 1.54) is 17.0 Å². The number of carbonyl (C=O) groups excluding carboxylic acids is 1. The number of nitrogens with zero attached hydrogens (tertiary/aromatic N) is 5. The Kier molecular flexibility index (Phi) is 7.11. The Morgan fingerprint density at radius 2 is 1.68 bits per heavy atom. The van der Waals surface area contributed by atoms with Crippen molar-refractivity contribution in [1.82, 2.24) is 19.8 Å². The molecule has 38 heavy (non-hydrogen) atoms. The van der Waals surface area contributed by atoms with Crippen molar-refractivity contribution >= 4 is 11.9 Å². The maximum atomic E-state index is 13.2. The number of methoxy groups -OCH3 is 1. The summed E-state index contributed by atoms with van der Waals surface area (Å²) in [4.78, 5) is 28.7. The molecule has 2 aromatic carbocycles. The number of rotatable bonds is 5. The Morgan fingerprint density at radius 3 is 2.39 bits per heavy atom. The minimum atomic E-state index is -4.53. The Hall–Kier alpha value is -3.86. The number of piperazine rings is 1. The Bertz CT molecular complexity index is 1330. The molecule has 1 aromatic heterocycles. The first-order chi connectivity index (χ1) is 18.2. The van der Waals surface area contributed by atoms with Crippen molar-refractivity contribution in [2.45, 2.75) is 19.1 Å². The number of anilines is 1. The van der Waals surface area contributed by atoms with E-state index in [0.29, 0.717) is 41.9 Å². The fourth-order valence-corrected chi connectivity index (χ4v) is 4.60. The minimum Gasteiger partial charge on any atom is -0.493 e. The topological polar surface area (TPSA) is 71.0 Å². The Labute approximate surface area is 218 Å². The average molecular weight is 528 g/mol. The Balaban J connectivity index is 1.48. The van der Waals surface area contributed by atoms with Gasteiger partial charge in [-0.3, -0.25) is 4.79 Å². The zero-order valence-electron chi connectivity index (χ0n) is 21.2. The van der Waals surface area contributed by atoms with E-state index in [9.17, 15) is 18.0 Å². The quantitative estimate of drug-likeness (QED) is 0.492. The van der Waals surface area contributed by atoms with Crippen molar-refractivity contribution in [2.24, 2.45) is 0 Å². The van der Waals surface area contributed by atoms with Gasteiger partial charge in [0.05, 0.1) is 30.5 Å². The number of aromatic nitrogens is 2. The molecule has 1 saturated heterocycles. The Morgan fingerprint density at radius 1 is 0.947 bits per heavy atom. The zero-order chi connectivity index (χ0) is 26.9. The highest BCUT2D eigenvalue weighted by Crippen LogP contribution is 2.36. The minimum absolute atomic E-state index is 0.0227. The highest BCUT2D eigenvalue weighted by molar-refractivity contribution is 5.94. The molecule has 200 valence electrons. The van der Waals surface area contributed by atoms with Crippen molar-refractivity contribution in [3.63, 3.8) is 0 Å². The van der Waals surface area contributed by atoms with Crippen LogP contribution in [0.4, 0.5) is 19.1 Å². The summed E-state index contributed by atoms with van der Waals surface area (Å²) in [6, 6.07) is 11.7. The van der Waals surface area contributed by atoms with E-state index in [1.807, 2.05) is 12.1 Å². The molecule has 3 heterocycles. The first-order valence-corrected chi connectivity index (χ1v) is 12.3. The van der Waals surface area contributed by atoms with Crippen molar-refractivity contribution in [1.29, 1.82) is 0 Å². The molecule has 5 rings (SSSR count). The van der Waals surface area contributed by atoms with Gasteiger partial charge in [0.1, 0.15) is 0 Å². The lowest BCUT2D eigenvalue weighted by Gasteiger charge is -2.34. The van der Waals surface area contributed by atoms with Crippen LogP contribution in [0.2, 0.25) is 0 Å². The second-order valence-corrected chi connectivity index (χ2v) is 9.35. The summed E-state index contributed by atoms with van der Waals surface area (Å²) in [7, 11) is 3.61. The third-order valence-electron chi connectivity index (χ3n) is 6.80. The smallest absolute Gasteiger partial charge is 0.416 e. The maximum Gasteiger partial charge on any atom is 0.416 e. The molecule has 0 radical (unpaired) electrons. The van der Waals surface area contributed by atoms with E-state index in [0.717, 1.165) is 44.0 Å². The summed E-state index contributed by atoms with van der Waals surface area (Å²) < 4.78 is 51.4. The van der Waals surface area contributed by atoms with Crippen LogP contribution >= 0.6 is 0 Å². The predicted molar refractivity (Wildman–Crippen MR) is 135 cm³/mol. The molecule has 0 N–H and O–H groups in total. The molecule has 0 saturated carbocycles. The van der Waals surface area contributed by atoms with E-state index < -0.39 is 17.6 Å². The highest BCUT2D eigenvalue weighted by Gasteiger charge is 2.33. The number of likely N-dealkylation sites (N-methyl/N-ethyl adjacent to an activating group) is 1. The number of fused-ring (bicyclic) bond motifs is 1. The molecule has 1 fully saturated rings. The van der Waals surface area contributed by atoms with Crippen molar-refractivity contribution in [3.8, 4) is 17.4 Å². The van der Waals surface area contributed by atoms with E-state index in [1.54, 1.807) is 19.2 Å². The largest absolute Gasteiger partial charge is 0.493 e. The van der Waals surface area contributed by atoms with Gasteiger partial charge in [-0.1, -0.05) is 18.2 Å². The van der Waals surface area contributed by atoms with Crippen LogP contribution < -0.4 is 14.4 Å². The van der Waals surface area contributed by atoms with Crippen LogP contribution in [0.5, 0.6) is 17.4 Å². The molecule has 2 aliphatic rings. The fraction of sp³-hybridized carbons (Fsp3) is 0.370. The molecule has 0 spiro atoms. The molecule has 11 heteroatoms. The number of benzene rings is 2. The van der Waals surface area contributed by atoms with Crippen LogP contribution in [0, 0.1) is 0 Å². The van der Waals surface area contributed by atoms with Crippen LogP contribution in [0.25, 0.3) is 0 Å². The number of ether oxygens (including phenoxy) is 2. The summed E-state index contributed by atoms with van der Waals surface area (Å²) in [5.74, 6) is 1.35. The van der Waals surface area contributed by atoms with Gasteiger partial charge in [0, 0.05) is 44.7 Å². The number of hydrogen-bond donors (Lipinski definition) is 0. The zero-order valence-corrected chi connectivity index (χ0v) is 21.2. The molecule has 0 unspecified atom stereocenters. The van der Waals surface area contributed by atoms with E-state index >= 15 is 0 Å². The van der Waals surface area contributed by atoms with Gasteiger partial charge in [0.15, 0.2) is 11.5 Å². The monoisotopic (exact) mass is 527 g/mol. The molecule has 3 aromatic rings. The van der Waals surface area contributed by atoms with E-state index in [-0.39, 0.29) is 12.1 Å². The third-order valence-corrected chi connectivity index (χ3v) is 6.80. The fourth-order valence-electron chi connectivity index (χ4n) is 4.60. The lowest BCUT2D eigenvalue weighted by atomic mass is 10.0. The number of hydrogen-bond acceptors (Lipinski definition) is 7. The highest BCUT2D eigenvalue weighted by atomic mass is 19.4. The molecular weight excluding hydrogens is 499 g/mol. The predicted octanol–water partition coefficient (Wildman–Crippen LogP) is 4.25. The summed E-state index contributed by atoms with van der Waals surface area (Å²) in [6.07, 6.45) is -4.11.